The molecule has 3 aliphatic rings. The highest BCUT2D eigenvalue weighted by Crippen LogP contribution is 2.31. The van der Waals surface area contributed by atoms with Gasteiger partial charge in [-0.05, 0) is 37.7 Å². The Bertz CT molecular complexity index is 580. The van der Waals surface area contributed by atoms with Gasteiger partial charge in [0.2, 0.25) is 5.91 Å². The number of likely N-dealkylation sites (tertiary alicyclic amines) is 1. The third-order valence-electron chi connectivity index (χ3n) is 5.20. The van der Waals surface area contributed by atoms with Crippen molar-refractivity contribution in [2.75, 3.05) is 32.8 Å². The highest BCUT2D eigenvalue weighted by atomic mass is 16.5. The Morgan fingerprint density at radius 1 is 1.21 bits per heavy atom. The van der Waals surface area contributed by atoms with E-state index in [1.54, 1.807) is 0 Å². The molecule has 0 radical (unpaired) electrons. The number of nitrogens with zero attached hydrogens (tertiary/aromatic N) is 1. The fourth-order valence-electron chi connectivity index (χ4n) is 3.53. The van der Waals surface area contributed by atoms with E-state index >= 15 is 0 Å². The van der Waals surface area contributed by atoms with Crippen LogP contribution in [0.4, 0.5) is 0 Å². The van der Waals surface area contributed by atoms with Gasteiger partial charge < -0.3 is 14.4 Å². The molecule has 1 aromatic carbocycles. The van der Waals surface area contributed by atoms with Gasteiger partial charge in [-0.3, -0.25) is 10.1 Å². The normalized spacial score (nSPS) is 24.8. The summed E-state index contributed by atoms with van der Waals surface area (Å²) in [5.41, 5.74) is 0.951. The summed E-state index contributed by atoms with van der Waals surface area (Å²) in [6.07, 6.45) is 4.87. The van der Waals surface area contributed by atoms with Crippen LogP contribution in [0, 0.1) is 5.92 Å². The predicted molar refractivity (Wildman–Crippen MR) is 91.0 cm³/mol. The van der Waals surface area contributed by atoms with Crippen LogP contribution in [0.2, 0.25) is 0 Å². The number of hydrogen-bond acceptors (Lipinski definition) is 4. The average molecular weight is 330 g/mol. The number of benzene rings is 1. The number of piperidine rings is 1. The first-order chi connectivity index (χ1) is 11.8. The van der Waals surface area contributed by atoms with Gasteiger partial charge in [-0.1, -0.05) is 18.2 Å². The van der Waals surface area contributed by atoms with Gasteiger partial charge in [0.15, 0.2) is 0 Å². The van der Waals surface area contributed by atoms with Crippen LogP contribution in [0.1, 0.15) is 37.3 Å². The monoisotopic (exact) mass is 330 g/mol. The molecule has 0 bridgehead atoms. The quantitative estimate of drug-likeness (QED) is 0.919. The van der Waals surface area contributed by atoms with E-state index in [0.29, 0.717) is 19.3 Å². The summed E-state index contributed by atoms with van der Waals surface area (Å²) in [6.45, 7) is 3.77. The van der Waals surface area contributed by atoms with Gasteiger partial charge in [-0.25, -0.2) is 0 Å². The van der Waals surface area contributed by atoms with Crippen molar-refractivity contribution in [2.45, 2.75) is 37.8 Å². The van der Waals surface area contributed by atoms with E-state index in [-0.39, 0.29) is 11.9 Å². The van der Waals surface area contributed by atoms with Gasteiger partial charge in [-0.2, -0.15) is 0 Å². The van der Waals surface area contributed by atoms with Crippen molar-refractivity contribution in [3.63, 3.8) is 0 Å². The van der Waals surface area contributed by atoms with Crippen LogP contribution in [0.15, 0.2) is 24.3 Å². The largest absolute Gasteiger partial charge is 0.492 e. The Labute approximate surface area is 143 Å². The van der Waals surface area contributed by atoms with Crippen LogP contribution in [0.3, 0.4) is 0 Å². The van der Waals surface area contributed by atoms with Crippen molar-refractivity contribution in [3.05, 3.63) is 29.8 Å². The molecule has 2 aliphatic heterocycles. The molecule has 2 fully saturated rings. The van der Waals surface area contributed by atoms with Crippen LogP contribution < -0.4 is 10.1 Å². The Morgan fingerprint density at radius 2 is 2.00 bits per heavy atom. The van der Waals surface area contributed by atoms with Crippen LogP contribution in [-0.4, -0.2) is 49.8 Å². The number of carbonyl (C=O) groups excluding carboxylic acids is 1. The number of carbonyl (C=O) groups is 1. The topological polar surface area (TPSA) is 50.8 Å². The van der Waals surface area contributed by atoms with E-state index in [1.165, 1.54) is 12.8 Å². The standard InChI is InChI=1S/C19H26N2O3/c22-19(18-16-3-1-2-4-17(16)23-12-9-20-18)21-10-7-15(8-11-21)24-13-14-5-6-14/h1-4,14-15,18,20H,5-13H2. The first-order valence-corrected chi connectivity index (χ1v) is 9.17. The first kappa shape index (κ1) is 15.9. The van der Waals surface area contributed by atoms with E-state index in [0.717, 1.165) is 49.8 Å². The molecule has 1 aromatic rings. The van der Waals surface area contributed by atoms with Crippen molar-refractivity contribution in [2.24, 2.45) is 5.92 Å². The van der Waals surface area contributed by atoms with Gasteiger partial charge in [0.1, 0.15) is 18.4 Å². The number of fused-ring (bicyclic) bond motifs is 1. The summed E-state index contributed by atoms with van der Waals surface area (Å²) < 4.78 is 11.7. The van der Waals surface area contributed by atoms with E-state index in [2.05, 4.69) is 5.32 Å². The maximum absolute atomic E-state index is 13.0. The molecule has 1 aliphatic carbocycles. The lowest BCUT2D eigenvalue weighted by Gasteiger charge is -2.34. The lowest BCUT2D eigenvalue weighted by Crippen LogP contribution is -2.46. The zero-order chi connectivity index (χ0) is 16.4. The predicted octanol–water partition coefficient (Wildman–Crippen LogP) is 2.13. The minimum absolute atomic E-state index is 0.161. The van der Waals surface area contributed by atoms with Gasteiger partial charge in [0.25, 0.3) is 0 Å². The van der Waals surface area contributed by atoms with Crippen molar-refractivity contribution >= 4 is 5.91 Å². The third-order valence-corrected chi connectivity index (χ3v) is 5.20. The van der Waals surface area contributed by atoms with E-state index in [9.17, 15) is 4.79 Å². The van der Waals surface area contributed by atoms with Crippen molar-refractivity contribution in [3.8, 4) is 5.75 Å². The number of ether oxygens (including phenoxy) is 2. The number of hydrogen-bond donors (Lipinski definition) is 1. The van der Waals surface area contributed by atoms with E-state index < -0.39 is 0 Å². The molecule has 1 amide bonds. The van der Waals surface area contributed by atoms with Gasteiger partial charge in [0, 0.05) is 31.8 Å². The summed E-state index contributed by atoms with van der Waals surface area (Å²) in [6, 6.07) is 7.55. The molecular formula is C19H26N2O3. The lowest BCUT2D eigenvalue weighted by atomic mass is 10.0. The smallest absolute Gasteiger partial charge is 0.244 e. The van der Waals surface area contributed by atoms with Crippen LogP contribution in [-0.2, 0) is 9.53 Å². The first-order valence-electron chi connectivity index (χ1n) is 9.17. The minimum Gasteiger partial charge on any atom is -0.492 e. The summed E-state index contributed by atoms with van der Waals surface area (Å²) in [5, 5.41) is 3.35. The molecule has 5 nitrogen and oxygen atoms in total. The second-order valence-corrected chi connectivity index (χ2v) is 7.07. The summed E-state index contributed by atoms with van der Waals surface area (Å²) in [5.74, 6) is 1.79. The summed E-state index contributed by atoms with van der Waals surface area (Å²) in [4.78, 5) is 15.0. The summed E-state index contributed by atoms with van der Waals surface area (Å²) >= 11 is 0. The number of amides is 1. The number of para-hydroxylation sites is 1. The highest BCUT2D eigenvalue weighted by molar-refractivity contribution is 5.84. The molecule has 0 aromatic heterocycles. The van der Waals surface area contributed by atoms with Crippen molar-refractivity contribution in [1.29, 1.82) is 0 Å². The third kappa shape index (κ3) is 3.57. The van der Waals surface area contributed by atoms with E-state index in [1.807, 2.05) is 29.2 Å². The maximum Gasteiger partial charge on any atom is 0.244 e. The zero-order valence-electron chi connectivity index (χ0n) is 14.1. The SMILES string of the molecule is O=C(C1NCCOc2ccccc21)N1CCC(OCC2CC2)CC1. The molecule has 0 spiro atoms. The Morgan fingerprint density at radius 3 is 2.79 bits per heavy atom. The number of nitrogens with one attached hydrogen (secondary N) is 1. The average Bonchev–Trinajstić information content (AvgIpc) is 3.46. The molecule has 1 saturated heterocycles. The summed E-state index contributed by atoms with van der Waals surface area (Å²) in [7, 11) is 0. The maximum atomic E-state index is 13.0. The molecule has 1 saturated carbocycles. The Balaban J connectivity index is 1.37. The Hall–Kier alpha value is -1.59. The molecule has 2 heterocycles. The van der Waals surface area contributed by atoms with Gasteiger partial charge >= 0.3 is 0 Å². The molecule has 1 N–H and O–H groups in total. The van der Waals surface area contributed by atoms with Crippen LogP contribution in [0.25, 0.3) is 0 Å². The molecular weight excluding hydrogens is 304 g/mol. The molecule has 1 atom stereocenters. The van der Waals surface area contributed by atoms with Crippen molar-refractivity contribution in [1.82, 2.24) is 10.2 Å². The Kier molecular flexibility index (Phi) is 4.72. The number of rotatable bonds is 4. The minimum atomic E-state index is -0.298. The van der Waals surface area contributed by atoms with Gasteiger partial charge in [-0.15, -0.1) is 0 Å². The second kappa shape index (κ2) is 7.11. The van der Waals surface area contributed by atoms with Crippen LogP contribution >= 0.6 is 0 Å². The lowest BCUT2D eigenvalue weighted by molar-refractivity contribution is -0.136. The highest BCUT2D eigenvalue weighted by Gasteiger charge is 2.32. The van der Waals surface area contributed by atoms with Gasteiger partial charge in [0.05, 0.1) is 6.10 Å². The molecule has 5 heteroatoms. The fourth-order valence-corrected chi connectivity index (χ4v) is 3.53. The fraction of sp³-hybridized carbons (Fsp3) is 0.632. The zero-order valence-corrected chi connectivity index (χ0v) is 14.1. The van der Waals surface area contributed by atoms with Crippen LogP contribution in [0.5, 0.6) is 5.75 Å². The molecule has 24 heavy (non-hydrogen) atoms. The van der Waals surface area contributed by atoms with E-state index in [4.69, 9.17) is 9.47 Å². The molecule has 4 rings (SSSR count). The van der Waals surface area contributed by atoms with Crippen molar-refractivity contribution < 1.29 is 14.3 Å². The molecule has 130 valence electrons. The second-order valence-electron chi connectivity index (χ2n) is 7.07. The molecule has 1 unspecified atom stereocenters.